The summed E-state index contributed by atoms with van der Waals surface area (Å²) in [7, 11) is 1.18. The quantitative estimate of drug-likeness (QED) is 0.707. The molecule has 2 N–H and O–H groups in total. The van der Waals surface area contributed by atoms with E-state index in [2.05, 4.69) is 20.4 Å². The number of pyridine rings is 1. The smallest absolute Gasteiger partial charge is 0.416 e. The number of carbonyl (C=O) groups is 1. The van der Waals surface area contributed by atoms with E-state index in [9.17, 15) is 22.8 Å². The molecule has 0 bridgehead atoms. The van der Waals surface area contributed by atoms with Crippen LogP contribution in [0.2, 0.25) is 0 Å². The van der Waals surface area contributed by atoms with E-state index < -0.39 is 23.3 Å². The molecule has 1 aromatic carbocycles. The zero-order chi connectivity index (χ0) is 18.2. The van der Waals surface area contributed by atoms with Crippen LogP contribution in [-0.2, 0) is 10.9 Å². The van der Waals surface area contributed by atoms with Crippen molar-refractivity contribution in [2.75, 3.05) is 12.5 Å². The number of alkyl halides is 3. The second-order valence-electron chi connectivity index (χ2n) is 5.07. The van der Waals surface area contributed by atoms with E-state index in [1.165, 1.54) is 36.3 Å². The fourth-order valence-electron chi connectivity index (χ4n) is 2.24. The summed E-state index contributed by atoms with van der Waals surface area (Å²) in [5, 5.41) is 6.00. The van der Waals surface area contributed by atoms with E-state index in [-0.39, 0.29) is 16.8 Å². The van der Waals surface area contributed by atoms with Gasteiger partial charge in [0.25, 0.3) is 5.56 Å². The van der Waals surface area contributed by atoms with Crippen LogP contribution in [0.15, 0.2) is 41.5 Å². The molecule has 3 rings (SSSR count). The summed E-state index contributed by atoms with van der Waals surface area (Å²) in [5.41, 5.74) is 2.09. The number of anilines is 1. The van der Waals surface area contributed by atoms with Gasteiger partial charge >= 0.3 is 12.1 Å². The Kier molecular flexibility index (Phi) is 3.95. The van der Waals surface area contributed by atoms with Gasteiger partial charge in [-0.1, -0.05) is 0 Å². The normalized spacial score (nSPS) is 11.5. The molecule has 1 aromatic rings. The van der Waals surface area contributed by atoms with Gasteiger partial charge in [0.1, 0.15) is 11.3 Å². The summed E-state index contributed by atoms with van der Waals surface area (Å²) >= 11 is 0. The van der Waals surface area contributed by atoms with E-state index in [1.54, 1.807) is 0 Å². The van der Waals surface area contributed by atoms with Gasteiger partial charge in [0.05, 0.1) is 23.9 Å². The van der Waals surface area contributed by atoms with E-state index in [0.29, 0.717) is 5.69 Å². The number of nitrogens with one attached hydrogen (secondary N) is 2. The summed E-state index contributed by atoms with van der Waals surface area (Å²) in [6.07, 6.45) is -1.74. The van der Waals surface area contributed by atoms with Crippen molar-refractivity contribution in [2.24, 2.45) is 0 Å². The highest BCUT2D eigenvalue weighted by Crippen LogP contribution is 2.30. The lowest BCUT2D eigenvalue weighted by Gasteiger charge is -2.14. The fraction of sp³-hybridized carbons (Fsp3) is 0.133. The number of carbonyl (C=O) groups excluding carboxylic acids is 1. The highest BCUT2D eigenvalue weighted by atomic mass is 19.4. The number of esters is 1. The summed E-state index contributed by atoms with van der Waals surface area (Å²) < 4.78 is 43.7. The minimum absolute atomic E-state index is 0.0257. The molecule has 25 heavy (non-hydrogen) atoms. The monoisotopic (exact) mass is 352 g/mol. The Bertz CT molecular complexity index is 944. The van der Waals surface area contributed by atoms with Gasteiger partial charge in [-0.25, -0.2) is 9.89 Å². The maximum Gasteiger partial charge on any atom is 0.416 e. The lowest BCUT2D eigenvalue weighted by Crippen LogP contribution is -2.16. The number of aromatic nitrogens is 3. The molecule has 0 atom stereocenters. The third-order valence-electron chi connectivity index (χ3n) is 3.44. The Hall–Kier alpha value is -3.30. The van der Waals surface area contributed by atoms with E-state index in [4.69, 9.17) is 0 Å². The Labute approximate surface area is 138 Å². The van der Waals surface area contributed by atoms with Crippen LogP contribution in [0.1, 0.15) is 15.9 Å². The molecule has 130 valence electrons. The van der Waals surface area contributed by atoms with Gasteiger partial charge in [-0.3, -0.25) is 14.9 Å². The molecular weight excluding hydrogens is 341 g/mol. The summed E-state index contributed by atoms with van der Waals surface area (Å²) in [6, 6.07) is 4.29. The molecule has 0 aliphatic carbocycles. The van der Waals surface area contributed by atoms with Crippen LogP contribution < -0.4 is 11.0 Å². The van der Waals surface area contributed by atoms with Crippen LogP contribution in [0, 0.1) is 0 Å². The standard InChI is InChI=1S/C15H11F3N4O3/c1-25-14(24)11-7-22(6-10-12(11)19-20-13(10)23)21-9-4-2-8(3-5-9)15(16,17)18/h2-7,21H,1H3,(H,20,23). The lowest BCUT2D eigenvalue weighted by molar-refractivity contribution is -0.137. The third kappa shape index (κ3) is 3.18. The molecule has 2 heterocycles. The molecule has 0 radical (unpaired) electrons. The SMILES string of the molecule is COC(=O)c1cn(Nc2ccc(C(F)(F)F)cc2)cc2c(=O)[nH]nc1-2. The van der Waals surface area contributed by atoms with E-state index in [0.717, 1.165) is 12.1 Å². The van der Waals surface area contributed by atoms with Crippen LogP contribution in [0.3, 0.4) is 0 Å². The second-order valence-corrected chi connectivity index (χ2v) is 5.07. The van der Waals surface area contributed by atoms with Gasteiger partial charge in [0, 0.05) is 12.4 Å². The van der Waals surface area contributed by atoms with Crippen molar-refractivity contribution in [3.05, 3.63) is 58.1 Å². The van der Waals surface area contributed by atoms with Crippen LogP contribution in [0.25, 0.3) is 11.3 Å². The van der Waals surface area contributed by atoms with E-state index in [1.807, 2.05) is 0 Å². The molecule has 0 saturated carbocycles. The maximum absolute atomic E-state index is 12.6. The number of nitrogens with zero attached hydrogens (tertiary/aromatic N) is 2. The van der Waals surface area contributed by atoms with Crippen LogP contribution in [0.5, 0.6) is 0 Å². The highest BCUT2D eigenvalue weighted by molar-refractivity contribution is 5.96. The molecule has 0 amide bonds. The first kappa shape index (κ1) is 16.6. The summed E-state index contributed by atoms with van der Waals surface area (Å²) in [5.74, 6) is -0.708. The van der Waals surface area contributed by atoms with Crippen molar-refractivity contribution in [3.63, 3.8) is 0 Å². The van der Waals surface area contributed by atoms with Crippen molar-refractivity contribution in [1.29, 1.82) is 0 Å². The number of halogens is 3. The molecule has 7 nitrogen and oxygen atoms in total. The first-order valence-corrected chi connectivity index (χ1v) is 6.92. The first-order chi connectivity index (χ1) is 11.8. The lowest BCUT2D eigenvalue weighted by atomic mass is 10.1. The molecule has 10 heteroatoms. The van der Waals surface area contributed by atoms with Gasteiger partial charge in [0.15, 0.2) is 0 Å². The average Bonchev–Trinajstić information content (AvgIpc) is 2.94. The number of rotatable bonds is 3. The van der Waals surface area contributed by atoms with Crippen LogP contribution >= 0.6 is 0 Å². The number of benzene rings is 1. The summed E-state index contributed by atoms with van der Waals surface area (Å²) in [6.45, 7) is 0. The number of fused-ring (bicyclic) bond motifs is 1. The minimum atomic E-state index is -4.43. The van der Waals surface area contributed by atoms with Crippen molar-refractivity contribution in [2.45, 2.75) is 6.18 Å². The van der Waals surface area contributed by atoms with Gasteiger partial charge in [-0.15, -0.1) is 0 Å². The number of aromatic amines is 1. The predicted octanol–water partition coefficient (Wildman–Crippen LogP) is 2.36. The van der Waals surface area contributed by atoms with Gasteiger partial charge in [-0.2, -0.15) is 18.3 Å². The van der Waals surface area contributed by atoms with Crippen LogP contribution in [-0.4, -0.2) is 28.0 Å². The number of methoxy groups -OCH3 is 1. The second kappa shape index (κ2) is 5.96. The van der Waals surface area contributed by atoms with Crippen molar-refractivity contribution >= 4 is 11.7 Å². The average molecular weight is 352 g/mol. The largest absolute Gasteiger partial charge is 0.465 e. The van der Waals surface area contributed by atoms with Gasteiger partial charge < -0.3 is 4.74 Å². The molecule has 0 unspecified atom stereocenters. The molecule has 0 spiro atoms. The zero-order valence-electron chi connectivity index (χ0n) is 12.7. The molecule has 2 aliphatic heterocycles. The molecule has 2 aliphatic rings. The van der Waals surface area contributed by atoms with Gasteiger partial charge in [0.2, 0.25) is 0 Å². The van der Waals surface area contributed by atoms with Gasteiger partial charge in [-0.05, 0) is 24.3 Å². The molecule has 0 fully saturated rings. The predicted molar refractivity (Wildman–Crippen MR) is 81.3 cm³/mol. The third-order valence-corrected chi connectivity index (χ3v) is 3.44. The number of hydrogen-bond donors (Lipinski definition) is 2. The Morgan fingerprint density at radius 1 is 1.24 bits per heavy atom. The first-order valence-electron chi connectivity index (χ1n) is 6.92. The Balaban J connectivity index is 1.99. The number of H-pyrrole nitrogens is 1. The fourth-order valence-corrected chi connectivity index (χ4v) is 2.24. The topological polar surface area (TPSA) is 89.0 Å². The molecule has 0 saturated heterocycles. The molecule has 0 aromatic heterocycles. The summed E-state index contributed by atoms with van der Waals surface area (Å²) in [4.78, 5) is 23.6. The number of hydrogen-bond acceptors (Lipinski definition) is 5. The van der Waals surface area contributed by atoms with Crippen LogP contribution in [0.4, 0.5) is 18.9 Å². The van der Waals surface area contributed by atoms with Crippen molar-refractivity contribution < 1.29 is 22.7 Å². The number of ether oxygens (including phenoxy) is 1. The molecular formula is C15H11F3N4O3. The zero-order valence-corrected chi connectivity index (χ0v) is 12.7. The Morgan fingerprint density at radius 3 is 2.52 bits per heavy atom. The minimum Gasteiger partial charge on any atom is -0.465 e. The maximum atomic E-state index is 12.6. The Morgan fingerprint density at radius 2 is 1.92 bits per heavy atom. The van der Waals surface area contributed by atoms with E-state index >= 15 is 0 Å². The van der Waals surface area contributed by atoms with Crippen molar-refractivity contribution in [1.82, 2.24) is 14.9 Å². The van der Waals surface area contributed by atoms with Crippen molar-refractivity contribution in [3.8, 4) is 11.3 Å². The highest BCUT2D eigenvalue weighted by Gasteiger charge is 2.30.